The molecule has 9 heavy (non-hydrogen) atoms. The monoisotopic (exact) mass is 123 g/mol. The van der Waals surface area contributed by atoms with E-state index < -0.39 is 0 Å². The van der Waals surface area contributed by atoms with Gasteiger partial charge in [0.2, 0.25) is 0 Å². The maximum Gasteiger partial charge on any atom is 0.0272 e. The molecule has 1 atom stereocenters. The SMILES string of the molecule is CC1C=C(N)C=CCC1. The smallest absolute Gasteiger partial charge is 0.0272 e. The van der Waals surface area contributed by atoms with E-state index in [2.05, 4.69) is 19.1 Å². The van der Waals surface area contributed by atoms with E-state index in [1.807, 2.05) is 6.08 Å². The Kier molecular flexibility index (Phi) is 1.93. The van der Waals surface area contributed by atoms with Crippen LogP contribution < -0.4 is 5.73 Å². The minimum Gasteiger partial charge on any atom is -0.399 e. The summed E-state index contributed by atoms with van der Waals surface area (Å²) in [5, 5.41) is 0. The highest BCUT2D eigenvalue weighted by molar-refractivity contribution is 5.17. The standard InChI is InChI=1S/C8H13N/c1-7-4-2-3-5-8(9)6-7/h3,5-7H,2,4,9H2,1H3. The van der Waals surface area contributed by atoms with Crippen LogP contribution in [-0.4, -0.2) is 0 Å². The van der Waals surface area contributed by atoms with E-state index in [0.29, 0.717) is 5.92 Å². The molecular formula is C8H13N. The average Bonchev–Trinajstić information content (AvgIpc) is 1.93. The quantitative estimate of drug-likeness (QED) is 0.522. The predicted octanol–water partition coefficient (Wildman–Crippen LogP) is 1.82. The van der Waals surface area contributed by atoms with E-state index in [4.69, 9.17) is 5.73 Å². The number of nitrogens with two attached hydrogens (primary N) is 1. The van der Waals surface area contributed by atoms with Gasteiger partial charge in [-0.05, 0) is 24.8 Å². The Labute approximate surface area is 56.2 Å². The molecule has 1 nitrogen and oxygen atoms in total. The van der Waals surface area contributed by atoms with Crippen LogP contribution in [0.1, 0.15) is 19.8 Å². The van der Waals surface area contributed by atoms with Gasteiger partial charge in [0.1, 0.15) is 0 Å². The summed E-state index contributed by atoms with van der Waals surface area (Å²) in [6.07, 6.45) is 8.64. The lowest BCUT2D eigenvalue weighted by atomic mass is 10.1. The number of rotatable bonds is 0. The Morgan fingerprint density at radius 3 is 3.22 bits per heavy atom. The summed E-state index contributed by atoms with van der Waals surface area (Å²) >= 11 is 0. The third-order valence-electron chi connectivity index (χ3n) is 1.58. The molecule has 0 aromatic rings. The Balaban J connectivity index is 2.62. The van der Waals surface area contributed by atoms with Crippen LogP contribution in [0.3, 0.4) is 0 Å². The first-order valence-corrected chi connectivity index (χ1v) is 3.43. The van der Waals surface area contributed by atoms with Gasteiger partial charge in [-0.3, -0.25) is 0 Å². The van der Waals surface area contributed by atoms with E-state index in [1.54, 1.807) is 0 Å². The molecule has 0 saturated carbocycles. The fourth-order valence-electron chi connectivity index (χ4n) is 1.05. The van der Waals surface area contributed by atoms with Gasteiger partial charge in [0, 0.05) is 5.70 Å². The Morgan fingerprint density at radius 1 is 1.67 bits per heavy atom. The molecular weight excluding hydrogens is 110 g/mol. The molecule has 1 aliphatic rings. The van der Waals surface area contributed by atoms with Crippen molar-refractivity contribution in [2.75, 3.05) is 0 Å². The lowest BCUT2D eigenvalue weighted by molar-refractivity contribution is 0.660. The zero-order valence-corrected chi connectivity index (χ0v) is 5.80. The van der Waals surface area contributed by atoms with E-state index in [0.717, 1.165) is 5.70 Å². The normalized spacial score (nSPS) is 27.2. The Bertz CT molecular complexity index is 145. The maximum absolute atomic E-state index is 5.60. The summed E-state index contributed by atoms with van der Waals surface area (Å²) < 4.78 is 0. The molecule has 0 saturated heterocycles. The molecule has 0 bridgehead atoms. The first-order chi connectivity index (χ1) is 4.29. The van der Waals surface area contributed by atoms with Crippen LogP contribution in [0.25, 0.3) is 0 Å². The van der Waals surface area contributed by atoms with Gasteiger partial charge in [-0.2, -0.15) is 0 Å². The summed E-state index contributed by atoms with van der Waals surface area (Å²) in [4.78, 5) is 0. The van der Waals surface area contributed by atoms with E-state index in [-0.39, 0.29) is 0 Å². The van der Waals surface area contributed by atoms with Gasteiger partial charge < -0.3 is 5.73 Å². The third kappa shape index (κ3) is 1.92. The molecule has 1 aliphatic carbocycles. The van der Waals surface area contributed by atoms with E-state index >= 15 is 0 Å². The zero-order valence-electron chi connectivity index (χ0n) is 5.80. The van der Waals surface area contributed by atoms with Crippen LogP contribution in [0.2, 0.25) is 0 Å². The second-order valence-corrected chi connectivity index (χ2v) is 2.62. The second-order valence-electron chi connectivity index (χ2n) is 2.62. The van der Waals surface area contributed by atoms with Gasteiger partial charge in [0.15, 0.2) is 0 Å². The van der Waals surface area contributed by atoms with Crippen molar-refractivity contribution in [3.05, 3.63) is 23.9 Å². The maximum atomic E-state index is 5.60. The summed E-state index contributed by atoms with van der Waals surface area (Å²) in [6, 6.07) is 0. The second kappa shape index (κ2) is 2.72. The highest BCUT2D eigenvalue weighted by Crippen LogP contribution is 2.12. The van der Waals surface area contributed by atoms with Gasteiger partial charge in [0.05, 0.1) is 0 Å². The minimum atomic E-state index is 0.653. The molecule has 0 amide bonds. The molecule has 0 radical (unpaired) electrons. The van der Waals surface area contributed by atoms with Crippen molar-refractivity contribution < 1.29 is 0 Å². The van der Waals surface area contributed by atoms with Crippen molar-refractivity contribution in [1.82, 2.24) is 0 Å². The number of hydrogen-bond donors (Lipinski definition) is 1. The molecule has 1 heteroatoms. The largest absolute Gasteiger partial charge is 0.399 e. The van der Waals surface area contributed by atoms with Crippen molar-refractivity contribution >= 4 is 0 Å². The molecule has 0 fully saturated rings. The fraction of sp³-hybridized carbons (Fsp3) is 0.500. The molecule has 0 heterocycles. The van der Waals surface area contributed by atoms with Gasteiger partial charge >= 0.3 is 0 Å². The molecule has 0 spiro atoms. The van der Waals surface area contributed by atoms with Crippen molar-refractivity contribution in [1.29, 1.82) is 0 Å². The van der Waals surface area contributed by atoms with Crippen LogP contribution >= 0.6 is 0 Å². The van der Waals surface area contributed by atoms with Crippen molar-refractivity contribution in [2.24, 2.45) is 11.7 Å². The third-order valence-corrected chi connectivity index (χ3v) is 1.58. The van der Waals surface area contributed by atoms with E-state index in [1.165, 1.54) is 12.8 Å². The van der Waals surface area contributed by atoms with Crippen LogP contribution in [0.5, 0.6) is 0 Å². The lowest BCUT2D eigenvalue weighted by Gasteiger charge is -1.99. The number of allylic oxidation sites excluding steroid dienone is 3. The topological polar surface area (TPSA) is 26.0 Å². The molecule has 0 aliphatic heterocycles. The summed E-state index contributed by atoms with van der Waals surface area (Å²) in [7, 11) is 0. The average molecular weight is 123 g/mol. The van der Waals surface area contributed by atoms with Crippen LogP contribution in [0.4, 0.5) is 0 Å². The highest BCUT2D eigenvalue weighted by atomic mass is 14.6. The van der Waals surface area contributed by atoms with Gasteiger partial charge in [-0.15, -0.1) is 0 Å². The van der Waals surface area contributed by atoms with Crippen LogP contribution in [0, 0.1) is 5.92 Å². The first kappa shape index (κ1) is 6.40. The van der Waals surface area contributed by atoms with Crippen LogP contribution in [-0.2, 0) is 0 Å². The molecule has 1 rings (SSSR count). The van der Waals surface area contributed by atoms with Gasteiger partial charge in [0.25, 0.3) is 0 Å². The van der Waals surface area contributed by atoms with Crippen molar-refractivity contribution in [2.45, 2.75) is 19.8 Å². The van der Waals surface area contributed by atoms with Gasteiger partial charge in [-0.1, -0.05) is 19.1 Å². The number of hydrogen-bond acceptors (Lipinski definition) is 1. The Hall–Kier alpha value is -0.720. The molecule has 2 N–H and O–H groups in total. The predicted molar refractivity (Wildman–Crippen MR) is 39.8 cm³/mol. The van der Waals surface area contributed by atoms with Gasteiger partial charge in [-0.25, -0.2) is 0 Å². The molecule has 50 valence electrons. The highest BCUT2D eigenvalue weighted by Gasteiger charge is 1.99. The lowest BCUT2D eigenvalue weighted by Crippen LogP contribution is -1.95. The summed E-state index contributed by atoms with van der Waals surface area (Å²) in [5.41, 5.74) is 6.52. The summed E-state index contributed by atoms with van der Waals surface area (Å²) in [6.45, 7) is 2.19. The molecule has 0 aromatic heterocycles. The van der Waals surface area contributed by atoms with Crippen molar-refractivity contribution in [3.8, 4) is 0 Å². The molecule has 1 unspecified atom stereocenters. The van der Waals surface area contributed by atoms with E-state index in [9.17, 15) is 0 Å². The fourth-order valence-corrected chi connectivity index (χ4v) is 1.05. The zero-order chi connectivity index (χ0) is 6.69. The molecule has 0 aromatic carbocycles. The minimum absolute atomic E-state index is 0.653. The Morgan fingerprint density at radius 2 is 2.44 bits per heavy atom. The summed E-state index contributed by atoms with van der Waals surface area (Å²) in [5.74, 6) is 0.653. The van der Waals surface area contributed by atoms with Crippen molar-refractivity contribution in [3.63, 3.8) is 0 Å². The van der Waals surface area contributed by atoms with Crippen LogP contribution in [0.15, 0.2) is 23.9 Å². The first-order valence-electron chi connectivity index (χ1n) is 3.43.